The van der Waals surface area contributed by atoms with Crippen LogP contribution in [0.2, 0.25) is 10.0 Å². The molecule has 110 valence electrons. The first-order chi connectivity index (χ1) is 10.0. The van der Waals surface area contributed by atoms with E-state index in [-0.39, 0.29) is 11.8 Å². The van der Waals surface area contributed by atoms with E-state index < -0.39 is 0 Å². The van der Waals surface area contributed by atoms with Gasteiger partial charge in [-0.05, 0) is 30.7 Å². The lowest BCUT2D eigenvalue weighted by atomic mass is 10.00. The Bertz CT molecular complexity index is 688. The van der Waals surface area contributed by atoms with E-state index in [1.807, 2.05) is 25.1 Å². The number of hydrogen-bond acceptors (Lipinski definition) is 3. The van der Waals surface area contributed by atoms with Crippen LogP contribution < -0.4 is 10.1 Å². The third-order valence-electron chi connectivity index (χ3n) is 3.62. The summed E-state index contributed by atoms with van der Waals surface area (Å²) in [6.45, 7) is 2.45. The first kappa shape index (κ1) is 14.4. The highest BCUT2D eigenvalue weighted by Gasteiger charge is 2.24. The molecule has 0 amide bonds. The van der Waals surface area contributed by atoms with Gasteiger partial charge in [0.05, 0.1) is 17.7 Å². The van der Waals surface area contributed by atoms with Gasteiger partial charge in [0.1, 0.15) is 11.5 Å². The van der Waals surface area contributed by atoms with Crippen LogP contribution in [0.5, 0.6) is 11.5 Å². The molecule has 1 unspecified atom stereocenters. The number of ether oxygens (including phenoxy) is 1. The van der Waals surface area contributed by atoms with E-state index in [4.69, 9.17) is 27.9 Å². The summed E-state index contributed by atoms with van der Waals surface area (Å²) in [6, 6.07) is 9.14. The average Bonchev–Trinajstić information content (AvgIpc) is 2.44. The maximum atomic E-state index is 9.81. The van der Waals surface area contributed by atoms with Gasteiger partial charge in [0.25, 0.3) is 0 Å². The normalized spacial score (nSPS) is 17.0. The highest BCUT2D eigenvalue weighted by molar-refractivity contribution is 6.35. The number of benzene rings is 2. The Hall–Kier alpha value is -1.58. The minimum atomic E-state index is 0.0482. The van der Waals surface area contributed by atoms with Crippen molar-refractivity contribution in [3.05, 3.63) is 51.5 Å². The van der Waals surface area contributed by atoms with Crippen LogP contribution in [0.1, 0.15) is 23.6 Å². The molecule has 0 spiro atoms. The Morgan fingerprint density at radius 3 is 2.81 bits per heavy atom. The summed E-state index contributed by atoms with van der Waals surface area (Å²) in [6.07, 6.45) is 0.804. The Labute approximate surface area is 133 Å². The predicted octanol–water partition coefficient (Wildman–Crippen LogP) is 4.94. The fraction of sp³-hybridized carbons (Fsp3) is 0.250. The van der Waals surface area contributed by atoms with E-state index in [1.165, 1.54) is 0 Å². The van der Waals surface area contributed by atoms with E-state index >= 15 is 0 Å². The fourth-order valence-corrected chi connectivity index (χ4v) is 3.04. The van der Waals surface area contributed by atoms with Crippen LogP contribution in [-0.4, -0.2) is 11.7 Å². The van der Waals surface area contributed by atoms with Gasteiger partial charge in [-0.25, -0.2) is 0 Å². The van der Waals surface area contributed by atoms with Crippen molar-refractivity contribution in [2.24, 2.45) is 0 Å². The van der Waals surface area contributed by atoms with Crippen LogP contribution in [-0.2, 0) is 0 Å². The van der Waals surface area contributed by atoms with E-state index in [1.54, 1.807) is 12.1 Å². The number of phenolic OH excluding ortho intramolecular Hbond substituents is 1. The van der Waals surface area contributed by atoms with Gasteiger partial charge < -0.3 is 15.2 Å². The zero-order valence-corrected chi connectivity index (χ0v) is 13.0. The van der Waals surface area contributed by atoms with Crippen LogP contribution in [0.3, 0.4) is 0 Å². The number of fused-ring (bicyclic) bond motifs is 1. The summed E-state index contributed by atoms with van der Waals surface area (Å²) >= 11 is 12.3. The van der Waals surface area contributed by atoms with Crippen molar-refractivity contribution in [1.29, 1.82) is 0 Å². The van der Waals surface area contributed by atoms with Crippen molar-refractivity contribution in [2.75, 3.05) is 11.9 Å². The molecule has 0 aliphatic carbocycles. The van der Waals surface area contributed by atoms with Gasteiger partial charge in [0.15, 0.2) is 0 Å². The predicted molar refractivity (Wildman–Crippen MR) is 85.8 cm³/mol. The number of nitrogens with one attached hydrogen (secondary N) is 1. The fourth-order valence-electron chi connectivity index (χ4n) is 2.48. The number of phenols is 1. The molecule has 21 heavy (non-hydrogen) atoms. The van der Waals surface area contributed by atoms with Crippen LogP contribution in [0.25, 0.3) is 0 Å². The van der Waals surface area contributed by atoms with Gasteiger partial charge in [0.2, 0.25) is 0 Å². The molecular formula is C16H15Cl2NO2. The molecule has 1 aliphatic heterocycles. The van der Waals surface area contributed by atoms with E-state index in [0.717, 1.165) is 23.2 Å². The minimum absolute atomic E-state index is 0.0482. The quantitative estimate of drug-likeness (QED) is 0.822. The summed E-state index contributed by atoms with van der Waals surface area (Å²) in [4.78, 5) is 0. The monoisotopic (exact) mass is 323 g/mol. The lowest BCUT2D eigenvalue weighted by Crippen LogP contribution is -2.20. The summed E-state index contributed by atoms with van der Waals surface area (Å²) in [5.41, 5.74) is 2.64. The molecule has 1 aliphatic rings. The van der Waals surface area contributed by atoms with Crippen molar-refractivity contribution in [1.82, 2.24) is 0 Å². The van der Waals surface area contributed by atoms with Gasteiger partial charge in [-0.3, -0.25) is 0 Å². The first-order valence-corrected chi connectivity index (χ1v) is 7.48. The zero-order valence-electron chi connectivity index (χ0n) is 11.5. The molecule has 1 heterocycles. The third kappa shape index (κ3) is 2.89. The zero-order chi connectivity index (χ0) is 15.0. The minimum Gasteiger partial charge on any atom is -0.508 e. The van der Waals surface area contributed by atoms with Crippen molar-refractivity contribution in [3.63, 3.8) is 0 Å². The molecule has 3 nitrogen and oxygen atoms in total. The summed E-state index contributed by atoms with van der Waals surface area (Å²) in [5.74, 6) is 0.956. The molecule has 2 aromatic carbocycles. The average molecular weight is 324 g/mol. The summed E-state index contributed by atoms with van der Waals surface area (Å²) in [5, 5.41) is 14.3. The number of aryl methyl sites for hydroxylation is 1. The maximum absolute atomic E-state index is 9.81. The number of rotatable bonds is 2. The Morgan fingerprint density at radius 2 is 2.05 bits per heavy atom. The van der Waals surface area contributed by atoms with Crippen molar-refractivity contribution < 1.29 is 9.84 Å². The maximum Gasteiger partial charge on any atom is 0.143 e. The third-order valence-corrected chi connectivity index (χ3v) is 4.11. The second-order valence-corrected chi connectivity index (χ2v) is 5.98. The Kier molecular flexibility index (Phi) is 3.87. The van der Waals surface area contributed by atoms with Crippen LogP contribution in [0.15, 0.2) is 30.3 Å². The molecule has 2 aromatic rings. The SMILES string of the molecule is Cc1ccc(NC2CCOc3c(Cl)cc(Cl)cc32)cc1O. The molecule has 0 saturated carbocycles. The summed E-state index contributed by atoms with van der Waals surface area (Å²) in [7, 11) is 0. The summed E-state index contributed by atoms with van der Waals surface area (Å²) < 4.78 is 5.64. The number of anilines is 1. The van der Waals surface area contributed by atoms with E-state index in [0.29, 0.717) is 22.4 Å². The standard InChI is InChI=1S/C16H15Cl2NO2/c1-9-2-3-11(8-15(9)20)19-14-4-5-21-16-12(14)6-10(17)7-13(16)18/h2-3,6-8,14,19-20H,4-5H2,1H3. The van der Waals surface area contributed by atoms with Crippen molar-refractivity contribution in [2.45, 2.75) is 19.4 Å². The van der Waals surface area contributed by atoms with Gasteiger partial charge >= 0.3 is 0 Å². The number of hydrogen-bond donors (Lipinski definition) is 2. The van der Waals surface area contributed by atoms with Crippen molar-refractivity contribution in [3.8, 4) is 11.5 Å². The second kappa shape index (κ2) is 5.66. The smallest absolute Gasteiger partial charge is 0.143 e. The molecule has 0 bridgehead atoms. The van der Waals surface area contributed by atoms with Gasteiger partial charge in [-0.2, -0.15) is 0 Å². The van der Waals surface area contributed by atoms with Crippen LogP contribution >= 0.6 is 23.2 Å². The van der Waals surface area contributed by atoms with E-state index in [2.05, 4.69) is 5.32 Å². The number of aromatic hydroxyl groups is 1. The molecule has 2 N–H and O–H groups in total. The van der Waals surface area contributed by atoms with Gasteiger partial charge in [0, 0.05) is 28.8 Å². The Balaban J connectivity index is 1.93. The topological polar surface area (TPSA) is 41.5 Å². The highest BCUT2D eigenvalue weighted by atomic mass is 35.5. The largest absolute Gasteiger partial charge is 0.508 e. The molecule has 5 heteroatoms. The molecule has 0 radical (unpaired) electrons. The van der Waals surface area contributed by atoms with Gasteiger partial charge in [-0.1, -0.05) is 29.3 Å². The van der Waals surface area contributed by atoms with Crippen LogP contribution in [0, 0.1) is 6.92 Å². The highest BCUT2D eigenvalue weighted by Crippen LogP contribution is 2.41. The first-order valence-electron chi connectivity index (χ1n) is 6.72. The Morgan fingerprint density at radius 1 is 1.24 bits per heavy atom. The molecule has 1 atom stereocenters. The van der Waals surface area contributed by atoms with Crippen LogP contribution in [0.4, 0.5) is 5.69 Å². The van der Waals surface area contributed by atoms with Gasteiger partial charge in [-0.15, -0.1) is 0 Å². The molecule has 0 aromatic heterocycles. The van der Waals surface area contributed by atoms with Crippen molar-refractivity contribution >= 4 is 28.9 Å². The lowest BCUT2D eigenvalue weighted by Gasteiger charge is -2.28. The molecular weight excluding hydrogens is 309 g/mol. The van der Waals surface area contributed by atoms with E-state index in [9.17, 15) is 5.11 Å². The molecule has 0 saturated heterocycles. The number of halogens is 2. The molecule has 0 fully saturated rings. The molecule has 3 rings (SSSR count). The second-order valence-electron chi connectivity index (χ2n) is 5.14. The lowest BCUT2D eigenvalue weighted by molar-refractivity contribution is 0.274.